The first-order valence-electron chi connectivity index (χ1n) is 11.4. The predicted molar refractivity (Wildman–Crippen MR) is 146 cm³/mol. The lowest BCUT2D eigenvalue weighted by molar-refractivity contribution is -0.136. The molecule has 2 amide bonds. The van der Waals surface area contributed by atoms with Gasteiger partial charge in [-0.15, -0.1) is 0 Å². The minimum Gasteiger partial charge on any atom is -0.494 e. The molecular weight excluding hydrogens is 513 g/mol. The molecule has 1 heterocycles. The van der Waals surface area contributed by atoms with E-state index in [1.807, 2.05) is 61.5 Å². The number of amides is 2. The molecule has 0 radical (unpaired) electrons. The van der Waals surface area contributed by atoms with Gasteiger partial charge in [-0.3, -0.25) is 9.59 Å². The summed E-state index contributed by atoms with van der Waals surface area (Å²) < 4.78 is 7.38. The maximum absolute atomic E-state index is 12.3. The van der Waals surface area contributed by atoms with Gasteiger partial charge in [0, 0.05) is 22.3 Å². The molecule has 0 fully saturated rings. The lowest BCUT2D eigenvalue weighted by Gasteiger charge is -2.06. The van der Waals surface area contributed by atoms with Gasteiger partial charge in [-0.1, -0.05) is 48.3 Å². The first kappa shape index (κ1) is 25.9. The molecule has 2 N–H and O–H groups in total. The molecule has 3 aromatic carbocycles. The summed E-state index contributed by atoms with van der Waals surface area (Å²) in [5.41, 5.74) is 5.40. The minimum absolute atomic E-state index is 0.219. The number of hydrogen-bond donors (Lipinski definition) is 2. The minimum atomic E-state index is -0.971. The quantitative estimate of drug-likeness (QED) is 0.171. The lowest BCUT2D eigenvalue weighted by atomic mass is 10.1. The van der Waals surface area contributed by atoms with Gasteiger partial charge in [0.2, 0.25) is 0 Å². The highest BCUT2D eigenvalue weighted by Gasteiger charge is 2.16. The Bertz CT molecular complexity index is 1420. The van der Waals surface area contributed by atoms with Gasteiger partial charge in [-0.2, -0.15) is 10.2 Å². The van der Waals surface area contributed by atoms with E-state index in [1.54, 1.807) is 16.9 Å². The summed E-state index contributed by atoms with van der Waals surface area (Å²) in [6.45, 7) is 2.68. The molecule has 37 heavy (non-hydrogen) atoms. The summed E-state index contributed by atoms with van der Waals surface area (Å²) in [4.78, 5) is 24.6. The fourth-order valence-corrected chi connectivity index (χ4v) is 3.67. The second kappa shape index (κ2) is 12.2. The van der Waals surface area contributed by atoms with Crippen molar-refractivity contribution in [1.29, 1.82) is 0 Å². The number of nitrogens with zero attached hydrogens (tertiary/aromatic N) is 3. The molecule has 4 aromatic rings. The summed E-state index contributed by atoms with van der Waals surface area (Å²) in [5.74, 6) is -1.15. The molecule has 0 saturated heterocycles. The zero-order valence-electron chi connectivity index (χ0n) is 19.8. The van der Waals surface area contributed by atoms with Gasteiger partial charge in [0.15, 0.2) is 0 Å². The Kier molecular flexibility index (Phi) is 8.56. The van der Waals surface area contributed by atoms with Crippen molar-refractivity contribution in [1.82, 2.24) is 15.2 Å². The Labute approximate surface area is 223 Å². The molecule has 10 heteroatoms. The molecule has 0 saturated carbocycles. The van der Waals surface area contributed by atoms with Gasteiger partial charge in [-0.25, -0.2) is 10.1 Å². The van der Waals surface area contributed by atoms with Crippen LogP contribution >= 0.6 is 23.2 Å². The summed E-state index contributed by atoms with van der Waals surface area (Å²) in [6.07, 6.45) is 4.13. The van der Waals surface area contributed by atoms with E-state index in [0.29, 0.717) is 22.9 Å². The zero-order chi connectivity index (χ0) is 26.2. The lowest BCUT2D eigenvalue weighted by Crippen LogP contribution is -2.32. The molecule has 0 bridgehead atoms. The summed E-state index contributed by atoms with van der Waals surface area (Å²) in [7, 11) is 0. The van der Waals surface area contributed by atoms with Crippen LogP contribution in [0, 0.1) is 0 Å². The van der Waals surface area contributed by atoms with Gasteiger partial charge in [-0.05, 0) is 61.0 Å². The number of carbonyl (C=O) groups is 2. The third-order valence-corrected chi connectivity index (χ3v) is 5.68. The summed E-state index contributed by atoms with van der Waals surface area (Å²) in [6, 6.07) is 21.7. The topological polar surface area (TPSA) is 97.6 Å². The SMILES string of the molecule is CCCOc1ccc(-c2nn(-c3ccccc3)cc2/C=N\NC(=O)C(=O)Nc2cc(Cl)ccc2Cl)cc1. The monoisotopic (exact) mass is 535 g/mol. The third-order valence-electron chi connectivity index (χ3n) is 5.12. The molecule has 0 aliphatic heterocycles. The second-order valence-corrected chi connectivity index (χ2v) is 8.71. The van der Waals surface area contributed by atoms with Crippen LogP contribution < -0.4 is 15.5 Å². The first-order chi connectivity index (χ1) is 17.9. The fraction of sp³-hybridized carbons (Fsp3) is 0.111. The van der Waals surface area contributed by atoms with Crippen LogP contribution in [0.3, 0.4) is 0 Å². The number of aromatic nitrogens is 2. The van der Waals surface area contributed by atoms with Crippen molar-refractivity contribution < 1.29 is 14.3 Å². The van der Waals surface area contributed by atoms with Crippen molar-refractivity contribution in [3.8, 4) is 22.7 Å². The maximum atomic E-state index is 12.3. The predicted octanol–water partition coefficient (Wildman–Crippen LogP) is 5.72. The van der Waals surface area contributed by atoms with Crippen molar-refractivity contribution >= 4 is 46.9 Å². The second-order valence-electron chi connectivity index (χ2n) is 7.86. The molecule has 4 rings (SSSR count). The van der Waals surface area contributed by atoms with E-state index in [0.717, 1.165) is 23.4 Å². The Morgan fingerprint density at radius 2 is 1.78 bits per heavy atom. The molecule has 0 aliphatic rings. The maximum Gasteiger partial charge on any atom is 0.329 e. The van der Waals surface area contributed by atoms with E-state index in [4.69, 9.17) is 33.0 Å². The number of carbonyl (C=O) groups excluding carboxylic acids is 2. The molecular formula is C27H23Cl2N5O3. The number of para-hydroxylation sites is 1. The number of nitrogens with one attached hydrogen (secondary N) is 2. The van der Waals surface area contributed by atoms with Gasteiger partial charge in [0.25, 0.3) is 0 Å². The summed E-state index contributed by atoms with van der Waals surface area (Å²) >= 11 is 12.0. The largest absolute Gasteiger partial charge is 0.494 e. The normalized spacial score (nSPS) is 10.9. The number of benzene rings is 3. The summed E-state index contributed by atoms with van der Waals surface area (Å²) in [5, 5.41) is 11.7. The number of rotatable bonds is 8. The van der Waals surface area contributed by atoms with Gasteiger partial charge in [0.05, 0.1) is 29.2 Å². The fourth-order valence-electron chi connectivity index (χ4n) is 3.33. The standard InChI is InChI=1S/C27H23Cl2N5O3/c1-2-14-37-22-11-8-18(9-12-22)25-19(17-34(33-25)21-6-4-3-5-7-21)16-30-32-27(36)26(35)31-24-15-20(28)10-13-23(24)29/h3-13,15-17H,2,14H2,1H3,(H,31,35)(H,32,36)/b30-16-. The van der Waals surface area contributed by atoms with Crippen LogP contribution in [0.15, 0.2) is 84.1 Å². The smallest absolute Gasteiger partial charge is 0.329 e. The van der Waals surface area contributed by atoms with Gasteiger partial charge in [0.1, 0.15) is 11.4 Å². The van der Waals surface area contributed by atoms with Crippen LogP contribution in [0.1, 0.15) is 18.9 Å². The Morgan fingerprint density at radius 3 is 2.51 bits per heavy atom. The van der Waals surface area contributed by atoms with E-state index in [-0.39, 0.29) is 10.7 Å². The molecule has 0 spiro atoms. The third kappa shape index (κ3) is 6.75. The van der Waals surface area contributed by atoms with Crippen LogP contribution in [0.25, 0.3) is 16.9 Å². The molecule has 0 aliphatic carbocycles. The van der Waals surface area contributed by atoms with E-state index in [2.05, 4.69) is 15.8 Å². The number of ether oxygens (including phenoxy) is 1. The molecule has 0 atom stereocenters. The number of halogens is 2. The Hall–Kier alpha value is -4.14. The van der Waals surface area contributed by atoms with Crippen LogP contribution in [-0.2, 0) is 9.59 Å². The van der Waals surface area contributed by atoms with Crippen molar-refractivity contribution in [3.05, 3.63) is 94.6 Å². The highest BCUT2D eigenvalue weighted by molar-refractivity contribution is 6.42. The van der Waals surface area contributed by atoms with Crippen LogP contribution in [0.4, 0.5) is 5.69 Å². The molecule has 8 nitrogen and oxygen atoms in total. The van der Waals surface area contributed by atoms with Crippen molar-refractivity contribution in [3.63, 3.8) is 0 Å². The van der Waals surface area contributed by atoms with Crippen molar-refractivity contribution in [2.24, 2.45) is 5.10 Å². The molecule has 188 valence electrons. The van der Waals surface area contributed by atoms with Crippen LogP contribution in [0.2, 0.25) is 10.0 Å². The van der Waals surface area contributed by atoms with Crippen molar-refractivity contribution in [2.75, 3.05) is 11.9 Å². The average molecular weight is 536 g/mol. The van der Waals surface area contributed by atoms with Crippen LogP contribution in [0.5, 0.6) is 5.75 Å². The molecule has 0 unspecified atom stereocenters. The number of hydrazone groups is 1. The molecule has 1 aromatic heterocycles. The van der Waals surface area contributed by atoms with E-state index >= 15 is 0 Å². The number of anilines is 1. The van der Waals surface area contributed by atoms with Gasteiger partial charge >= 0.3 is 11.8 Å². The average Bonchev–Trinajstić information content (AvgIpc) is 3.34. The van der Waals surface area contributed by atoms with E-state index in [1.165, 1.54) is 18.3 Å². The first-order valence-corrected chi connectivity index (χ1v) is 12.2. The highest BCUT2D eigenvalue weighted by atomic mass is 35.5. The van der Waals surface area contributed by atoms with Crippen LogP contribution in [-0.4, -0.2) is 34.4 Å². The number of hydrogen-bond acceptors (Lipinski definition) is 5. The van der Waals surface area contributed by atoms with Crippen molar-refractivity contribution in [2.45, 2.75) is 13.3 Å². The van der Waals surface area contributed by atoms with E-state index < -0.39 is 11.8 Å². The van der Waals surface area contributed by atoms with Gasteiger partial charge < -0.3 is 10.1 Å². The Morgan fingerprint density at radius 1 is 1.03 bits per heavy atom. The Balaban J connectivity index is 1.53. The van der Waals surface area contributed by atoms with E-state index in [9.17, 15) is 9.59 Å². The zero-order valence-corrected chi connectivity index (χ0v) is 21.3. The highest BCUT2D eigenvalue weighted by Crippen LogP contribution is 2.26.